The molecule has 0 unspecified atom stereocenters. The van der Waals surface area contributed by atoms with Crippen molar-refractivity contribution >= 4 is 11.3 Å². The van der Waals surface area contributed by atoms with E-state index in [1.165, 1.54) is 23.1 Å². The lowest BCUT2D eigenvalue weighted by Gasteiger charge is -2.10. The van der Waals surface area contributed by atoms with Crippen molar-refractivity contribution in [2.45, 2.75) is 59.8 Å². The maximum absolute atomic E-state index is 4.58. The molecule has 1 aromatic rings. The van der Waals surface area contributed by atoms with Crippen molar-refractivity contribution in [2.75, 3.05) is 6.54 Å². The highest BCUT2D eigenvalue weighted by Gasteiger charge is 2.03. The molecule has 110 valence electrons. The summed E-state index contributed by atoms with van der Waals surface area (Å²) in [5.74, 6) is 0.593. The van der Waals surface area contributed by atoms with Gasteiger partial charge in [-0.1, -0.05) is 58.4 Å². The Morgan fingerprint density at radius 2 is 1.75 bits per heavy atom. The van der Waals surface area contributed by atoms with Gasteiger partial charge in [0.1, 0.15) is 0 Å². The Labute approximate surface area is 124 Å². The molecule has 0 aromatic heterocycles. The second-order valence-corrected chi connectivity index (χ2v) is 5.72. The number of benzene rings is 1. The lowest BCUT2D eigenvalue weighted by atomic mass is 9.96. The summed E-state index contributed by atoms with van der Waals surface area (Å²) in [5, 5.41) is 0. The minimum absolute atomic E-state index is 0.593. The number of hydrogen-bond donors (Lipinski definition) is 0. The first-order valence-electron chi connectivity index (χ1n) is 7.90. The maximum Gasteiger partial charge on any atom is 0.0389 e. The second-order valence-electron chi connectivity index (χ2n) is 5.72. The van der Waals surface area contributed by atoms with Gasteiger partial charge in [-0.15, -0.1) is 0 Å². The third-order valence-corrected chi connectivity index (χ3v) is 3.44. The summed E-state index contributed by atoms with van der Waals surface area (Å²) in [6.07, 6.45) is 5.64. The predicted octanol–water partition coefficient (Wildman–Crippen LogP) is 5.86. The molecular weight excluding hydrogens is 242 g/mol. The highest BCUT2D eigenvalue weighted by molar-refractivity contribution is 5.99. The van der Waals surface area contributed by atoms with Gasteiger partial charge in [0.2, 0.25) is 0 Å². The Bertz CT molecular complexity index is 449. The molecule has 0 aliphatic carbocycles. The monoisotopic (exact) mass is 271 g/mol. The van der Waals surface area contributed by atoms with Gasteiger partial charge in [0.25, 0.3) is 0 Å². The highest BCUT2D eigenvalue weighted by atomic mass is 14.7. The molecule has 1 rings (SSSR count). The minimum atomic E-state index is 0.593. The van der Waals surface area contributed by atoms with E-state index in [2.05, 4.69) is 70.0 Å². The van der Waals surface area contributed by atoms with E-state index < -0.39 is 0 Å². The highest BCUT2D eigenvalue weighted by Crippen LogP contribution is 2.23. The topological polar surface area (TPSA) is 12.4 Å². The molecule has 20 heavy (non-hydrogen) atoms. The average Bonchev–Trinajstić information content (AvgIpc) is 2.44. The van der Waals surface area contributed by atoms with E-state index in [1.807, 2.05) is 0 Å². The number of rotatable bonds is 7. The van der Waals surface area contributed by atoms with Crippen LogP contribution in [0.1, 0.15) is 70.9 Å². The number of nitrogens with zero attached hydrogens (tertiary/aromatic N) is 1. The molecule has 0 atom stereocenters. The zero-order chi connectivity index (χ0) is 15.0. The van der Waals surface area contributed by atoms with Crippen molar-refractivity contribution in [1.29, 1.82) is 0 Å². The van der Waals surface area contributed by atoms with Crippen LogP contribution in [0.15, 0.2) is 35.3 Å². The molecule has 0 aliphatic rings. The molecule has 0 radical (unpaired) electrons. The number of hydrogen-bond acceptors (Lipinski definition) is 1. The molecule has 0 fully saturated rings. The van der Waals surface area contributed by atoms with Crippen LogP contribution in [-0.4, -0.2) is 12.3 Å². The van der Waals surface area contributed by atoms with Crippen molar-refractivity contribution in [3.8, 4) is 0 Å². The van der Waals surface area contributed by atoms with Crippen LogP contribution in [0.5, 0.6) is 0 Å². The van der Waals surface area contributed by atoms with Crippen LogP contribution in [0.3, 0.4) is 0 Å². The molecule has 0 saturated carbocycles. The van der Waals surface area contributed by atoms with E-state index >= 15 is 0 Å². The molecule has 1 nitrogen and oxygen atoms in total. The Balaban J connectivity index is 2.98. The van der Waals surface area contributed by atoms with E-state index in [9.17, 15) is 0 Å². The Morgan fingerprint density at radius 1 is 1.10 bits per heavy atom. The van der Waals surface area contributed by atoms with Crippen LogP contribution >= 0.6 is 0 Å². The summed E-state index contributed by atoms with van der Waals surface area (Å²) in [7, 11) is 0. The van der Waals surface area contributed by atoms with E-state index in [-0.39, 0.29) is 0 Å². The van der Waals surface area contributed by atoms with Crippen LogP contribution < -0.4 is 0 Å². The van der Waals surface area contributed by atoms with Gasteiger partial charge in [0, 0.05) is 12.3 Å². The number of aliphatic imine (C=N–C) groups is 1. The SMILES string of the molecule is CCCN=C(C)/C=C(\CCC)c1ccc(C(C)C)cc1. The van der Waals surface area contributed by atoms with E-state index in [0.717, 1.165) is 25.1 Å². The quantitative estimate of drug-likeness (QED) is 0.550. The molecular formula is C19H29N. The zero-order valence-corrected chi connectivity index (χ0v) is 13.7. The van der Waals surface area contributed by atoms with Crippen LogP contribution in [0.25, 0.3) is 5.57 Å². The number of allylic oxidation sites excluding steroid dienone is 2. The first-order chi connectivity index (χ1) is 9.58. The molecule has 0 aliphatic heterocycles. The van der Waals surface area contributed by atoms with E-state index in [1.54, 1.807) is 0 Å². The Hall–Kier alpha value is -1.37. The predicted molar refractivity (Wildman–Crippen MR) is 91.7 cm³/mol. The van der Waals surface area contributed by atoms with Crippen molar-refractivity contribution in [3.05, 3.63) is 41.5 Å². The molecule has 0 amide bonds. The van der Waals surface area contributed by atoms with Crippen molar-refractivity contribution in [1.82, 2.24) is 0 Å². The summed E-state index contributed by atoms with van der Waals surface area (Å²) in [5.41, 5.74) is 5.28. The van der Waals surface area contributed by atoms with Gasteiger partial charge in [-0.25, -0.2) is 0 Å². The van der Waals surface area contributed by atoms with Crippen molar-refractivity contribution in [3.63, 3.8) is 0 Å². The minimum Gasteiger partial charge on any atom is -0.290 e. The summed E-state index contributed by atoms with van der Waals surface area (Å²) in [6.45, 7) is 11.9. The third-order valence-electron chi connectivity index (χ3n) is 3.44. The first-order valence-corrected chi connectivity index (χ1v) is 7.90. The largest absolute Gasteiger partial charge is 0.290 e. The molecule has 0 bridgehead atoms. The molecule has 1 aromatic carbocycles. The second kappa shape index (κ2) is 8.73. The van der Waals surface area contributed by atoms with E-state index in [4.69, 9.17) is 0 Å². The lowest BCUT2D eigenvalue weighted by Crippen LogP contribution is -1.94. The fourth-order valence-electron chi connectivity index (χ4n) is 2.24. The van der Waals surface area contributed by atoms with Crippen LogP contribution in [-0.2, 0) is 0 Å². The fourth-order valence-corrected chi connectivity index (χ4v) is 2.24. The van der Waals surface area contributed by atoms with Gasteiger partial charge in [0.05, 0.1) is 0 Å². The van der Waals surface area contributed by atoms with Gasteiger partial charge in [0.15, 0.2) is 0 Å². The van der Waals surface area contributed by atoms with Gasteiger partial charge < -0.3 is 0 Å². The molecule has 0 saturated heterocycles. The van der Waals surface area contributed by atoms with E-state index in [0.29, 0.717) is 5.92 Å². The Kier molecular flexibility index (Phi) is 7.28. The maximum atomic E-state index is 4.58. The molecule has 1 heteroatoms. The van der Waals surface area contributed by atoms with Gasteiger partial charge >= 0.3 is 0 Å². The van der Waals surface area contributed by atoms with Gasteiger partial charge in [-0.3, -0.25) is 4.99 Å². The summed E-state index contributed by atoms with van der Waals surface area (Å²) in [6, 6.07) is 9.01. The summed E-state index contributed by atoms with van der Waals surface area (Å²) in [4.78, 5) is 4.58. The average molecular weight is 271 g/mol. The lowest BCUT2D eigenvalue weighted by molar-refractivity contribution is 0.866. The van der Waals surface area contributed by atoms with Crippen LogP contribution in [0.2, 0.25) is 0 Å². The third kappa shape index (κ3) is 5.32. The van der Waals surface area contributed by atoms with Crippen molar-refractivity contribution in [2.24, 2.45) is 4.99 Å². The molecule has 0 spiro atoms. The van der Waals surface area contributed by atoms with Crippen LogP contribution in [0.4, 0.5) is 0 Å². The smallest absolute Gasteiger partial charge is 0.0389 e. The normalized spacial score (nSPS) is 13.1. The van der Waals surface area contributed by atoms with Crippen LogP contribution in [0, 0.1) is 0 Å². The summed E-state index contributed by atoms with van der Waals surface area (Å²) >= 11 is 0. The van der Waals surface area contributed by atoms with Crippen molar-refractivity contribution < 1.29 is 0 Å². The zero-order valence-electron chi connectivity index (χ0n) is 13.7. The summed E-state index contributed by atoms with van der Waals surface area (Å²) < 4.78 is 0. The first kappa shape index (κ1) is 16.7. The fraction of sp³-hybridized carbons (Fsp3) is 0.526. The van der Waals surface area contributed by atoms with Gasteiger partial charge in [-0.05, 0) is 48.5 Å². The Morgan fingerprint density at radius 3 is 2.25 bits per heavy atom. The van der Waals surface area contributed by atoms with Gasteiger partial charge in [-0.2, -0.15) is 0 Å². The molecule has 0 heterocycles. The molecule has 0 N–H and O–H groups in total. The standard InChI is InChI=1S/C19H29N/c1-6-8-19(14-16(5)20-13-7-2)18-11-9-17(10-12-18)15(3)4/h9-12,14-15H,6-8,13H2,1-5H3/b19-14+,20-16?.